The Kier molecular flexibility index (Phi) is 4.94. The van der Waals surface area contributed by atoms with E-state index < -0.39 is 6.04 Å². The van der Waals surface area contributed by atoms with Crippen molar-refractivity contribution in [1.29, 1.82) is 0 Å². The topological polar surface area (TPSA) is 89.8 Å². The minimum absolute atomic E-state index is 0.0580. The van der Waals surface area contributed by atoms with Crippen molar-refractivity contribution in [2.24, 2.45) is 0 Å². The van der Waals surface area contributed by atoms with Crippen molar-refractivity contribution in [1.82, 2.24) is 20.2 Å². The first-order chi connectivity index (χ1) is 12.1. The molecule has 0 spiro atoms. The molecule has 25 heavy (non-hydrogen) atoms. The van der Waals surface area contributed by atoms with Crippen molar-refractivity contribution in [3.05, 3.63) is 72.1 Å². The number of Topliss-reactive ketones (excluding diaryl/α,β-unsaturated/α-hetero) is 1. The number of anilines is 1. The number of tetrazole rings is 1. The summed E-state index contributed by atoms with van der Waals surface area (Å²) in [6.07, 6.45) is 1.86. The zero-order valence-electron chi connectivity index (χ0n) is 13.7. The SMILES string of the molecule is CC(=O)c1cccc(NC(=O)[C@H](Cc2ccccc2)n2cnnn2)c1. The molecule has 3 rings (SSSR count). The molecule has 0 aliphatic carbocycles. The standard InChI is InChI=1S/C18H17N5O2/c1-13(24)15-8-5-9-16(11-15)20-18(25)17(23-12-19-21-22-23)10-14-6-3-2-4-7-14/h2-9,11-12,17H,10H2,1H3,(H,20,25)/t17-/m0/s1. The molecule has 1 aromatic heterocycles. The molecule has 1 N–H and O–H groups in total. The predicted octanol–water partition coefficient (Wildman–Crippen LogP) is 2.30. The van der Waals surface area contributed by atoms with Crippen LogP contribution in [0, 0.1) is 0 Å². The molecule has 0 aliphatic heterocycles. The van der Waals surface area contributed by atoms with E-state index in [1.54, 1.807) is 24.3 Å². The van der Waals surface area contributed by atoms with E-state index in [0.29, 0.717) is 17.7 Å². The molecule has 0 radical (unpaired) electrons. The number of aromatic nitrogens is 4. The van der Waals surface area contributed by atoms with E-state index in [1.807, 2.05) is 30.3 Å². The van der Waals surface area contributed by atoms with Crippen LogP contribution in [0.1, 0.15) is 28.9 Å². The second-order valence-electron chi connectivity index (χ2n) is 5.62. The van der Waals surface area contributed by atoms with Crippen molar-refractivity contribution in [3.8, 4) is 0 Å². The van der Waals surface area contributed by atoms with Crippen molar-refractivity contribution < 1.29 is 9.59 Å². The lowest BCUT2D eigenvalue weighted by atomic mass is 10.1. The summed E-state index contributed by atoms with van der Waals surface area (Å²) in [5.74, 6) is -0.311. The first-order valence-corrected chi connectivity index (χ1v) is 7.82. The smallest absolute Gasteiger partial charge is 0.249 e. The van der Waals surface area contributed by atoms with Gasteiger partial charge in [-0.15, -0.1) is 5.10 Å². The molecule has 1 heterocycles. The Hall–Kier alpha value is -3.35. The van der Waals surface area contributed by atoms with Gasteiger partial charge in [-0.1, -0.05) is 42.5 Å². The Morgan fingerprint density at radius 1 is 1.12 bits per heavy atom. The highest BCUT2D eigenvalue weighted by atomic mass is 16.2. The monoisotopic (exact) mass is 335 g/mol. The summed E-state index contributed by atoms with van der Waals surface area (Å²) < 4.78 is 1.43. The summed E-state index contributed by atoms with van der Waals surface area (Å²) in [6, 6.07) is 15.9. The molecule has 2 aromatic carbocycles. The maximum Gasteiger partial charge on any atom is 0.249 e. The highest BCUT2D eigenvalue weighted by Gasteiger charge is 2.22. The molecule has 126 valence electrons. The van der Waals surface area contributed by atoms with Crippen LogP contribution in [0.15, 0.2) is 60.9 Å². The van der Waals surface area contributed by atoms with Crippen LogP contribution in [0.25, 0.3) is 0 Å². The van der Waals surface area contributed by atoms with Crippen LogP contribution >= 0.6 is 0 Å². The van der Waals surface area contributed by atoms with E-state index >= 15 is 0 Å². The minimum atomic E-state index is -0.599. The van der Waals surface area contributed by atoms with Gasteiger partial charge in [0.15, 0.2) is 5.78 Å². The van der Waals surface area contributed by atoms with E-state index in [-0.39, 0.29) is 11.7 Å². The van der Waals surface area contributed by atoms with Crippen LogP contribution in [0.5, 0.6) is 0 Å². The largest absolute Gasteiger partial charge is 0.324 e. The van der Waals surface area contributed by atoms with E-state index in [0.717, 1.165) is 5.56 Å². The average molecular weight is 335 g/mol. The van der Waals surface area contributed by atoms with Gasteiger partial charge < -0.3 is 5.32 Å². The molecule has 7 nitrogen and oxygen atoms in total. The maximum atomic E-state index is 12.8. The number of hydrogen-bond acceptors (Lipinski definition) is 5. The third-order valence-corrected chi connectivity index (χ3v) is 3.80. The quantitative estimate of drug-likeness (QED) is 0.698. The number of nitrogens with zero attached hydrogens (tertiary/aromatic N) is 4. The van der Waals surface area contributed by atoms with E-state index in [4.69, 9.17) is 0 Å². The zero-order chi connectivity index (χ0) is 17.6. The summed E-state index contributed by atoms with van der Waals surface area (Å²) in [7, 11) is 0. The van der Waals surface area contributed by atoms with Gasteiger partial charge in [0.2, 0.25) is 5.91 Å². The van der Waals surface area contributed by atoms with Crippen molar-refractivity contribution in [2.75, 3.05) is 5.32 Å². The van der Waals surface area contributed by atoms with Gasteiger partial charge >= 0.3 is 0 Å². The van der Waals surface area contributed by atoms with Gasteiger partial charge in [0.25, 0.3) is 0 Å². The lowest BCUT2D eigenvalue weighted by Gasteiger charge is -2.16. The first-order valence-electron chi connectivity index (χ1n) is 7.82. The highest BCUT2D eigenvalue weighted by Crippen LogP contribution is 2.17. The fraction of sp³-hybridized carbons (Fsp3) is 0.167. The molecule has 0 saturated carbocycles. The molecule has 0 fully saturated rings. The van der Waals surface area contributed by atoms with Crippen molar-refractivity contribution in [2.45, 2.75) is 19.4 Å². The van der Waals surface area contributed by atoms with Crippen LogP contribution in [0.3, 0.4) is 0 Å². The normalized spacial score (nSPS) is 11.7. The van der Waals surface area contributed by atoms with Gasteiger partial charge in [-0.3, -0.25) is 9.59 Å². The van der Waals surface area contributed by atoms with Crippen LogP contribution in [0.2, 0.25) is 0 Å². The Balaban J connectivity index is 1.82. The van der Waals surface area contributed by atoms with Gasteiger partial charge in [-0.25, -0.2) is 4.68 Å². The van der Waals surface area contributed by atoms with Gasteiger partial charge in [0.1, 0.15) is 12.4 Å². The summed E-state index contributed by atoms with van der Waals surface area (Å²) in [6.45, 7) is 1.49. The first kappa shape index (κ1) is 16.5. The van der Waals surface area contributed by atoms with Crippen LogP contribution in [-0.4, -0.2) is 31.9 Å². The fourth-order valence-electron chi connectivity index (χ4n) is 2.50. The molecule has 3 aromatic rings. The number of carbonyl (C=O) groups is 2. The Morgan fingerprint density at radius 3 is 2.60 bits per heavy atom. The van der Waals surface area contributed by atoms with E-state index in [9.17, 15) is 9.59 Å². The number of rotatable bonds is 6. The number of amides is 1. The molecular formula is C18H17N5O2. The van der Waals surface area contributed by atoms with Gasteiger partial charge in [-0.05, 0) is 35.0 Å². The molecular weight excluding hydrogens is 318 g/mol. The predicted molar refractivity (Wildman–Crippen MR) is 92.1 cm³/mol. The lowest BCUT2D eigenvalue weighted by Crippen LogP contribution is -2.28. The number of hydrogen-bond donors (Lipinski definition) is 1. The molecule has 1 amide bonds. The Bertz CT molecular complexity index is 862. The summed E-state index contributed by atoms with van der Waals surface area (Å²) in [5, 5.41) is 13.9. The van der Waals surface area contributed by atoms with Crippen LogP contribution < -0.4 is 5.32 Å². The maximum absolute atomic E-state index is 12.8. The molecule has 0 aliphatic rings. The summed E-state index contributed by atoms with van der Waals surface area (Å²) in [4.78, 5) is 24.3. The van der Waals surface area contributed by atoms with E-state index in [1.165, 1.54) is 17.9 Å². The molecule has 7 heteroatoms. The molecule has 0 unspecified atom stereocenters. The van der Waals surface area contributed by atoms with Gasteiger partial charge in [-0.2, -0.15) is 0 Å². The molecule has 0 bridgehead atoms. The molecule has 1 atom stereocenters. The van der Waals surface area contributed by atoms with Crippen LogP contribution in [0.4, 0.5) is 5.69 Å². The van der Waals surface area contributed by atoms with Gasteiger partial charge in [0, 0.05) is 17.7 Å². The number of benzene rings is 2. The van der Waals surface area contributed by atoms with Crippen molar-refractivity contribution >= 4 is 17.4 Å². The number of carbonyl (C=O) groups excluding carboxylic acids is 2. The number of nitrogens with one attached hydrogen (secondary N) is 1. The fourth-order valence-corrected chi connectivity index (χ4v) is 2.50. The average Bonchev–Trinajstić information content (AvgIpc) is 3.15. The summed E-state index contributed by atoms with van der Waals surface area (Å²) in [5.41, 5.74) is 2.10. The lowest BCUT2D eigenvalue weighted by molar-refractivity contribution is -0.119. The van der Waals surface area contributed by atoms with Crippen LogP contribution in [-0.2, 0) is 11.2 Å². The third kappa shape index (κ3) is 4.14. The number of ketones is 1. The minimum Gasteiger partial charge on any atom is -0.324 e. The second kappa shape index (κ2) is 7.48. The van der Waals surface area contributed by atoms with E-state index in [2.05, 4.69) is 20.8 Å². The van der Waals surface area contributed by atoms with Crippen molar-refractivity contribution in [3.63, 3.8) is 0 Å². The highest BCUT2D eigenvalue weighted by molar-refractivity contribution is 5.98. The second-order valence-corrected chi connectivity index (χ2v) is 5.62. The van der Waals surface area contributed by atoms with Gasteiger partial charge in [0.05, 0.1) is 0 Å². The third-order valence-electron chi connectivity index (χ3n) is 3.80. The molecule has 0 saturated heterocycles. The Morgan fingerprint density at radius 2 is 1.92 bits per heavy atom. The Labute approximate surface area is 144 Å². The zero-order valence-corrected chi connectivity index (χ0v) is 13.7. The summed E-state index contributed by atoms with van der Waals surface area (Å²) >= 11 is 0.